The third-order valence-electron chi connectivity index (χ3n) is 7.11. The maximum Gasteiger partial charge on any atom is 0.330 e. The SMILES string of the molecule is C#CC[C@@H](C(=O)N[C@H](C=CC(=O)OC1CCCC1)C[C@@H]1CCNC1=O)n1cccc(NC(=O)c2cc(C)on2)c1=O. The highest BCUT2D eigenvalue weighted by Crippen LogP contribution is 2.22. The van der Waals surface area contributed by atoms with E-state index in [1.54, 1.807) is 6.92 Å². The lowest BCUT2D eigenvalue weighted by Gasteiger charge is -2.23. The number of pyridine rings is 1. The van der Waals surface area contributed by atoms with Crippen LogP contribution in [0.15, 0.2) is 45.9 Å². The van der Waals surface area contributed by atoms with Gasteiger partial charge >= 0.3 is 5.97 Å². The van der Waals surface area contributed by atoms with Crippen molar-refractivity contribution in [3.05, 3.63) is 58.4 Å². The van der Waals surface area contributed by atoms with Crippen LogP contribution >= 0.6 is 0 Å². The van der Waals surface area contributed by atoms with Crippen LogP contribution in [-0.4, -0.2) is 52.1 Å². The topological polar surface area (TPSA) is 162 Å². The zero-order valence-electron chi connectivity index (χ0n) is 22.8. The second-order valence-corrected chi connectivity index (χ2v) is 10.2. The Labute approximate surface area is 236 Å². The first-order valence-corrected chi connectivity index (χ1v) is 13.6. The van der Waals surface area contributed by atoms with E-state index in [2.05, 4.69) is 27.0 Å². The maximum absolute atomic E-state index is 13.5. The van der Waals surface area contributed by atoms with Gasteiger partial charge in [-0.3, -0.25) is 19.2 Å². The number of aryl methyl sites for hydroxylation is 1. The van der Waals surface area contributed by atoms with Crippen molar-refractivity contribution < 1.29 is 28.4 Å². The molecule has 4 rings (SSSR count). The molecule has 0 aromatic carbocycles. The molecule has 2 aromatic heterocycles. The van der Waals surface area contributed by atoms with Crippen molar-refractivity contribution in [1.82, 2.24) is 20.4 Å². The Bertz CT molecular complexity index is 1410. The maximum atomic E-state index is 13.5. The van der Waals surface area contributed by atoms with Gasteiger partial charge in [-0.05, 0) is 57.6 Å². The van der Waals surface area contributed by atoms with E-state index in [1.165, 1.54) is 36.5 Å². The Morgan fingerprint density at radius 1 is 1.29 bits per heavy atom. The van der Waals surface area contributed by atoms with Crippen molar-refractivity contribution in [1.29, 1.82) is 0 Å². The number of aromatic nitrogens is 2. The first-order valence-electron chi connectivity index (χ1n) is 13.6. The van der Waals surface area contributed by atoms with Gasteiger partial charge in [0.2, 0.25) is 11.8 Å². The number of amides is 3. The number of nitrogens with zero attached hydrogens (tertiary/aromatic N) is 2. The molecule has 2 aliphatic rings. The second kappa shape index (κ2) is 13.6. The van der Waals surface area contributed by atoms with Gasteiger partial charge in [0.15, 0.2) is 5.69 Å². The van der Waals surface area contributed by atoms with Gasteiger partial charge in [-0.15, -0.1) is 12.3 Å². The summed E-state index contributed by atoms with van der Waals surface area (Å²) in [5.41, 5.74) is -0.743. The monoisotopic (exact) mass is 563 g/mol. The summed E-state index contributed by atoms with van der Waals surface area (Å²) >= 11 is 0. The lowest BCUT2D eigenvalue weighted by molar-refractivity contribution is -0.142. The van der Waals surface area contributed by atoms with E-state index in [1.807, 2.05) is 0 Å². The van der Waals surface area contributed by atoms with E-state index in [0.717, 1.165) is 30.3 Å². The number of nitrogens with one attached hydrogen (secondary N) is 3. The molecule has 0 unspecified atom stereocenters. The van der Waals surface area contributed by atoms with Crippen LogP contribution in [0.25, 0.3) is 0 Å². The molecule has 41 heavy (non-hydrogen) atoms. The first-order chi connectivity index (χ1) is 19.7. The number of ether oxygens (including phenoxy) is 1. The van der Waals surface area contributed by atoms with E-state index in [0.29, 0.717) is 18.7 Å². The molecule has 3 amide bonds. The summed E-state index contributed by atoms with van der Waals surface area (Å²) in [6.45, 7) is 2.15. The Kier molecular flexibility index (Phi) is 9.73. The third kappa shape index (κ3) is 7.72. The Balaban J connectivity index is 1.51. The van der Waals surface area contributed by atoms with Crippen molar-refractivity contribution in [3.8, 4) is 12.3 Å². The van der Waals surface area contributed by atoms with Crippen LogP contribution in [0.4, 0.5) is 5.69 Å². The molecule has 0 spiro atoms. The Morgan fingerprint density at radius 3 is 2.73 bits per heavy atom. The summed E-state index contributed by atoms with van der Waals surface area (Å²) in [5.74, 6) is 0.601. The zero-order chi connectivity index (χ0) is 29.4. The molecular formula is C29H33N5O7. The van der Waals surface area contributed by atoms with Crippen LogP contribution in [0.5, 0.6) is 0 Å². The van der Waals surface area contributed by atoms with Crippen LogP contribution in [0.3, 0.4) is 0 Å². The standard InChI is InChI=1S/C29H33N5O7/c1-3-7-24(34-15-6-10-22(29(34)39)32-27(37)23-16-18(2)41-33-23)28(38)31-20(17-19-13-14-30-26(19)36)11-12-25(35)40-21-8-4-5-9-21/h1,6,10-12,15-16,19-21,24H,4-5,7-9,13-14,17H2,2H3,(H,30,36)(H,31,38)(H,32,37)/t19-,20+,24-/m0/s1. The number of hydrogen-bond donors (Lipinski definition) is 3. The fraction of sp³-hybridized carbons (Fsp3) is 0.448. The minimum absolute atomic E-state index is 0.00717. The van der Waals surface area contributed by atoms with E-state index in [9.17, 15) is 24.0 Å². The first kappa shape index (κ1) is 29.3. The van der Waals surface area contributed by atoms with Crippen molar-refractivity contribution in [2.45, 2.75) is 70.1 Å². The molecule has 0 radical (unpaired) electrons. The van der Waals surface area contributed by atoms with Crippen molar-refractivity contribution in [2.75, 3.05) is 11.9 Å². The highest BCUT2D eigenvalue weighted by atomic mass is 16.5. The van der Waals surface area contributed by atoms with Crippen molar-refractivity contribution >= 4 is 29.4 Å². The fourth-order valence-electron chi connectivity index (χ4n) is 4.98. The molecule has 1 saturated heterocycles. The number of rotatable bonds is 11. The molecule has 1 saturated carbocycles. The van der Waals surface area contributed by atoms with Gasteiger partial charge < -0.3 is 29.8 Å². The van der Waals surface area contributed by atoms with Gasteiger partial charge in [-0.2, -0.15) is 0 Å². The fourth-order valence-corrected chi connectivity index (χ4v) is 4.98. The van der Waals surface area contributed by atoms with Crippen LogP contribution in [0.2, 0.25) is 0 Å². The summed E-state index contributed by atoms with van der Waals surface area (Å²) in [4.78, 5) is 63.9. The zero-order valence-corrected chi connectivity index (χ0v) is 22.8. The number of hydrogen-bond acceptors (Lipinski definition) is 8. The predicted octanol–water partition coefficient (Wildman–Crippen LogP) is 2.01. The minimum Gasteiger partial charge on any atom is -0.459 e. The molecule has 3 N–H and O–H groups in total. The molecule has 2 fully saturated rings. The van der Waals surface area contributed by atoms with E-state index < -0.39 is 35.4 Å². The molecule has 2 aromatic rings. The lowest BCUT2D eigenvalue weighted by Crippen LogP contribution is -2.43. The quantitative estimate of drug-likeness (QED) is 0.213. The number of terminal acetylenes is 1. The number of anilines is 1. The average Bonchev–Trinajstić information content (AvgIpc) is 3.71. The van der Waals surface area contributed by atoms with Crippen molar-refractivity contribution in [3.63, 3.8) is 0 Å². The second-order valence-electron chi connectivity index (χ2n) is 10.2. The Morgan fingerprint density at radius 2 is 2.07 bits per heavy atom. The molecular weight excluding hydrogens is 530 g/mol. The number of carbonyl (C=O) groups is 4. The predicted molar refractivity (Wildman–Crippen MR) is 148 cm³/mol. The summed E-state index contributed by atoms with van der Waals surface area (Å²) in [7, 11) is 0. The van der Waals surface area contributed by atoms with Gasteiger partial charge in [0.25, 0.3) is 11.5 Å². The van der Waals surface area contributed by atoms with E-state index in [4.69, 9.17) is 15.7 Å². The van der Waals surface area contributed by atoms with Crippen LogP contribution in [-0.2, 0) is 19.1 Å². The van der Waals surface area contributed by atoms with Crippen molar-refractivity contribution in [2.24, 2.45) is 5.92 Å². The molecule has 0 bridgehead atoms. The normalized spacial score (nSPS) is 18.4. The van der Waals surface area contributed by atoms with E-state index in [-0.39, 0.29) is 42.2 Å². The summed E-state index contributed by atoms with van der Waals surface area (Å²) in [6, 6.07) is 2.49. The van der Waals surface area contributed by atoms with Crippen LogP contribution < -0.4 is 21.5 Å². The summed E-state index contributed by atoms with van der Waals surface area (Å²) in [5, 5.41) is 11.7. The van der Waals surface area contributed by atoms with Crippen LogP contribution in [0, 0.1) is 25.2 Å². The minimum atomic E-state index is -1.13. The van der Waals surface area contributed by atoms with Gasteiger partial charge in [0, 0.05) is 43.3 Å². The molecule has 216 valence electrons. The highest BCUT2D eigenvalue weighted by Gasteiger charge is 2.30. The lowest BCUT2D eigenvalue weighted by atomic mass is 9.97. The van der Waals surface area contributed by atoms with Gasteiger partial charge in [0.1, 0.15) is 23.6 Å². The molecule has 1 aliphatic carbocycles. The van der Waals surface area contributed by atoms with Gasteiger partial charge in [-0.1, -0.05) is 11.2 Å². The summed E-state index contributed by atoms with van der Waals surface area (Å²) < 4.78 is 11.5. The van der Waals surface area contributed by atoms with Gasteiger partial charge in [0.05, 0.1) is 0 Å². The number of carbonyl (C=O) groups excluding carboxylic acids is 4. The number of esters is 1. The largest absolute Gasteiger partial charge is 0.459 e. The average molecular weight is 564 g/mol. The molecule has 1 aliphatic heterocycles. The molecule has 3 atom stereocenters. The van der Waals surface area contributed by atoms with E-state index >= 15 is 0 Å². The third-order valence-corrected chi connectivity index (χ3v) is 7.11. The molecule has 12 nitrogen and oxygen atoms in total. The summed E-state index contributed by atoms with van der Waals surface area (Å²) in [6.07, 6.45) is 14.0. The molecule has 12 heteroatoms. The smallest absolute Gasteiger partial charge is 0.330 e. The molecule has 3 heterocycles. The van der Waals surface area contributed by atoms with Crippen LogP contribution in [0.1, 0.15) is 67.2 Å². The highest BCUT2D eigenvalue weighted by molar-refractivity contribution is 6.02. The van der Waals surface area contributed by atoms with Gasteiger partial charge in [-0.25, -0.2) is 4.79 Å². The Hall–Kier alpha value is -4.66.